The Morgan fingerprint density at radius 2 is 2.18 bits per heavy atom. The number of rotatable bonds is 2. The number of hydrogen-bond acceptors (Lipinski definition) is 2. The van der Waals surface area contributed by atoms with E-state index in [9.17, 15) is 0 Å². The van der Waals surface area contributed by atoms with E-state index in [0.717, 1.165) is 12.1 Å². The van der Waals surface area contributed by atoms with E-state index in [1.807, 2.05) is 13.0 Å². The van der Waals surface area contributed by atoms with E-state index in [2.05, 4.69) is 11.0 Å². The lowest BCUT2D eigenvalue weighted by Crippen LogP contribution is -2.18. The van der Waals surface area contributed by atoms with Crippen LogP contribution in [0, 0.1) is 11.3 Å². The lowest BCUT2D eigenvalue weighted by molar-refractivity contribution is 0.377. The molecule has 0 amide bonds. The highest BCUT2D eigenvalue weighted by atomic mass is 15.1. The zero-order valence-electron chi connectivity index (χ0n) is 7.01. The Kier molecular flexibility index (Phi) is 3.13. The largest absolute Gasteiger partial charge is 0.300 e. The molecule has 2 nitrogen and oxygen atoms in total. The minimum absolute atomic E-state index is 0.830. The van der Waals surface area contributed by atoms with E-state index in [0.29, 0.717) is 0 Å². The normalized spacial score (nSPS) is 20.2. The van der Waals surface area contributed by atoms with Crippen molar-refractivity contribution in [3.8, 4) is 6.07 Å². The van der Waals surface area contributed by atoms with Gasteiger partial charge in [-0.15, -0.1) is 0 Å². The fraction of sp³-hybridized carbons (Fsp3) is 0.667. The summed E-state index contributed by atoms with van der Waals surface area (Å²) in [5.41, 5.74) is 0.830. The molecular formula is C9H14N2. The number of nitrogens with zero attached hydrogens (tertiary/aromatic N) is 2. The quantitative estimate of drug-likeness (QED) is 0.558. The summed E-state index contributed by atoms with van der Waals surface area (Å²) in [6.45, 7) is 5.22. The van der Waals surface area contributed by atoms with Gasteiger partial charge < -0.3 is 0 Å². The van der Waals surface area contributed by atoms with Crippen molar-refractivity contribution in [2.24, 2.45) is 0 Å². The number of allylic oxidation sites excluding steroid dienone is 1. The van der Waals surface area contributed by atoms with Crippen LogP contribution in [-0.4, -0.2) is 24.5 Å². The molecule has 0 bridgehead atoms. The second-order valence-corrected chi connectivity index (χ2v) is 3.01. The Hall–Kier alpha value is -0.810. The maximum absolute atomic E-state index is 8.47. The molecule has 1 rings (SSSR count). The standard InChI is InChI=1S/C9H14N2/c1-9(8-10)4-7-11-5-2-3-6-11/h4H,2-3,5-7H2,1H3/b9-4-. The molecule has 1 saturated heterocycles. The van der Waals surface area contributed by atoms with Gasteiger partial charge in [0.05, 0.1) is 6.07 Å². The lowest BCUT2D eigenvalue weighted by Gasteiger charge is -2.10. The van der Waals surface area contributed by atoms with Crippen LogP contribution in [0.1, 0.15) is 19.8 Å². The molecule has 2 heteroatoms. The summed E-state index contributed by atoms with van der Waals surface area (Å²) in [4.78, 5) is 2.38. The van der Waals surface area contributed by atoms with Crippen LogP contribution in [0.3, 0.4) is 0 Å². The third-order valence-electron chi connectivity index (χ3n) is 2.03. The van der Waals surface area contributed by atoms with Gasteiger partial charge >= 0.3 is 0 Å². The summed E-state index contributed by atoms with van der Waals surface area (Å²) < 4.78 is 0. The SMILES string of the molecule is C/C(C#N)=C/CN1CCCC1. The first-order chi connectivity index (χ1) is 5.33. The highest BCUT2D eigenvalue weighted by Crippen LogP contribution is 2.06. The van der Waals surface area contributed by atoms with Crippen molar-refractivity contribution < 1.29 is 0 Å². The van der Waals surface area contributed by atoms with Gasteiger partial charge in [-0.1, -0.05) is 6.08 Å². The van der Waals surface area contributed by atoms with Crippen molar-refractivity contribution in [3.05, 3.63) is 11.6 Å². The second kappa shape index (κ2) is 4.15. The van der Waals surface area contributed by atoms with Crippen LogP contribution in [0.4, 0.5) is 0 Å². The molecule has 60 valence electrons. The summed E-state index contributed by atoms with van der Waals surface area (Å²) in [7, 11) is 0. The minimum Gasteiger partial charge on any atom is -0.300 e. The molecule has 0 unspecified atom stereocenters. The second-order valence-electron chi connectivity index (χ2n) is 3.01. The average molecular weight is 150 g/mol. The van der Waals surface area contributed by atoms with Crippen LogP contribution in [0.25, 0.3) is 0 Å². The van der Waals surface area contributed by atoms with Crippen LogP contribution < -0.4 is 0 Å². The summed E-state index contributed by atoms with van der Waals surface area (Å²) in [6, 6.07) is 2.12. The molecule has 1 heterocycles. The zero-order valence-corrected chi connectivity index (χ0v) is 7.01. The molecule has 0 saturated carbocycles. The first-order valence-electron chi connectivity index (χ1n) is 4.12. The van der Waals surface area contributed by atoms with Gasteiger partial charge in [-0.3, -0.25) is 4.90 Å². The molecule has 0 aromatic rings. The molecule has 0 N–H and O–H groups in total. The highest BCUT2D eigenvalue weighted by Gasteiger charge is 2.08. The predicted molar refractivity (Wildman–Crippen MR) is 45.0 cm³/mol. The summed E-state index contributed by atoms with van der Waals surface area (Å²) >= 11 is 0. The number of nitriles is 1. The molecule has 0 radical (unpaired) electrons. The van der Waals surface area contributed by atoms with Gasteiger partial charge in [0.15, 0.2) is 0 Å². The molecule has 1 fully saturated rings. The van der Waals surface area contributed by atoms with Crippen molar-refractivity contribution in [1.82, 2.24) is 4.90 Å². The van der Waals surface area contributed by atoms with E-state index in [1.165, 1.54) is 25.9 Å². The van der Waals surface area contributed by atoms with Crippen LogP contribution in [0.2, 0.25) is 0 Å². The molecule has 0 spiro atoms. The maximum Gasteiger partial charge on any atom is 0.0941 e. The lowest BCUT2D eigenvalue weighted by atomic mass is 10.3. The fourth-order valence-electron chi connectivity index (χ4n) is 1.28. The fourth-order valence-corrected chi connectivity index (χ4v) is 1.28. The van der Waals surface area contributed by atoms with Gasteiger partial charge in [0, 0.05) is 12.1 Å². The van der Waals surface area contributed by atoms with Gasteiger partial charge in [0.1, 0.15) is 0 Å². The summed E-state index contributed by atoms with van der Waals surface area (Å²) in [6.07, 6.45) is 4.64. The summed E-state index contributed by atoms with van der Waals surface area (Å²) in [5.74, 6) is 0. The molecule has 0 aromatic heterocycles. The minimum atomic E-state index is 0.830. The Morgan fingerprint density at radius 3 is 2.73 bits per heavy atom. The molecule has 0 atom stereocenters. The maximum atomic E-state index is 8.47. The monoisotopic (exact) mass is 150 g/mol. The third kappa shape index (κ3) is 2.73. The van der Waals surface area contributed by atoms with Crippen molar-refractivity contribution in [3.63, 3.8) is 0 Å². The molecule has 0 aliphatic carbocycles. The van der Waals surface area contributed by atoms with Crippen molar-refractivity contribution in [2.75, 3.05) is 19.6 Å². The van der Waals surface area contributed by atoms with E-state index in [1.54, 1.807) is 0 Å². The van der Waals surface area contributed by atoms with Gasteiger partial charge in [0.2, 0.25) is 0 Å². The topological polar surface area (TPSA) is 27.0 Å². The predicted octanol–water partition coefficient (Wildman–Crippen LogP) is 1.55. The van der Waals surface area contributed by atoms with E-state index in [-0.39, 0.29) is 0 Å². The van der Waals surface area contributed by atoms with Crippen molar-refractivity contribution in [1.29, 1.82) is 5.26 Å². The van der Waals surface area contributed by atoms with Gasteiger partial charge in [-0.2, -0.15) is 5.26 Å². The Labute approximate surface area is 68.1 Å². The van der Waals surface area contributed by atoms with Crippen LogP contribution in [0.15, 0.2) is 11.6 Å². The number of hydrogen-bond donors (Lipinski definition) is 0. The van der Waals surface area contributed by atoms with Gasteiger partial charge in [-0.05, 0) is 32.9 Å². The molecule has 11 heavy (non-hydrogen) atoms. The Balaban J connectivity index is 2.26. The molecular weight excluding hydrogens is 136 g/mol. The van der Waals surface area contributed by atoms with Gasteiger partial charge in [0.25, 0.3) is 0 Å². The molecule has 1 aliphatic heterocycles. The Bertz CT molecular complexity index is 182. The van der Waals surface area contributed by atoms with Crippen LogP contribution >= 0.6 is 0 Å². The van der Waals surface area contributed by atoms with Crippen LogP contribution in [0.5, 0.6) is 0 Å². The molecule has 1 aliphatic rings. The smallest absolute Gasteiger partial charge is 0.0941 e. The average Bonchev–Trinajstić information content (AvgIpc) is 2.52. The van der Waals surface area contributed by atoms with Crippen LogP contribution in [-0.2, 0) is 0 Å². The number of likely N-dealkylation sites (tertiary alicyclic amines) is 1. The zero-order chi connectivity index (χ0) is 8.10. The van der Waals surface area contributed by atoms with E-state index in [4.69, 9.17) is 5.26 Å². The Morgan fingerprint density at radius 1 is 1.55 bits per heavy atom. The third-order valence-corrected chi connectivity index (χ3v) is 2.03. The van der Waals surface area contributed by atoms with Gasteiger partial charge in [-0.25, -0.2) is 0 Å². The first kappa shape index (κ1) is 8.29. The van der Waals surface area contributed by atoms with Crippen molar-refractivity contribution in [2.45, 2.75) is 19.8 Å². The van der Waals surface area contributed by atoms with E-state index < -0.39 is 0 Å². The van der Waals surface area contributed by atoms with E-state index >= 15 is 0 Å². The van der Waals surface area contributed by atoms with Crippen molar-refractivity contribution >= 4 is 0 Å². The highest BCUT2D eigenvalue weighted by molar-refractivity contribution is 5.17. The molecule has 0 aromatic carbocycles. The first-order valence-corrected chi connectivity index (χ1v) is 4.12. The summed E-state index contributed by atoms with van der Waals surface area (Å²) in [5, 5.41) is 8.47.